The van der Waals surface area contributed by atoms with E-state index in [1.54, 1.807) is 0 Å². The molecule has 4 N–H and O–H groups in total. The SMILES string of the molecule is CC1CCC(NC(=O)C2COCC2N)(C(=O)O)CC1. The van der Waals surface area contributed by atoms with E-state index in [0.29, 0.717) is 25.4 Å². The molecule has 2 rings (SSSR count). The summed E-state index contributed by atoms with van der Waals surface area (Å²) in [5.74, 6) is -1.15. The molecule has 0 aromatic rings. The zero-order chi connectivity index (χ0) is 14.0. The molecule has 1 aliphatic carbocycles. The van der Waals surface area contributed by atoms with Crippen LogP contribution in [-0.4, -0.2) is 41.8 Å². The summed E-state index contributed by atoms with van der Waals surface area (Å²) >= 11 is 0. The van der Waals surface area contributed by atoms with Gasteiger partial charge in [-0.2, -0.15) is 0 Å². The Kier molecular flexibility index (Phi) is 4.10. The molecule has 0 aromatic carbocycles. The number of aliphatic carboxylic acids is 1. The fourth-order valence-corrected chi connectivity index (χ4v) is 2.82. The molecule has 6 nitrogen and oxygen atoms in total. The monoisotopic (exact) mass is 270 g/mol. The standard InChI is InChI=1S/C13H22N2O4/c1-8-2-4-13(5-3-8,12(17)18)15-11(16)9-6-19-7-10(9)14/h8-10H,2-7,14H2,1H3,(H,15,16)(H,17,18). The summed E-state index contributed by atoms with van der Waals surface area (Å²) < 4.78 is 5.16. The van der Waals surface area contributed by atoms with Crippen LogP contribution in [0.15, 0.2) is 0 Å². The average molecular weight is 270 g/mol. The van der Waals surface area contributed by atoms with Gasteiger partial charge in [-0.1, -0.05) is 6.92 Å². The second-order valence-corrected chi connectivity index (χ2v) is 5.87. The van der Waals surface area contributed by atoms with Crippen molar-refractivity contribution >= 4 is 11.9 Å². The van der Waals surface area contributed by atoms with Crippen LogP contribution in [0.4, 0.5) is 0 Å². The number of carboxylic acids is 1. The Labute approximate surface area is 112 Å². The van der Waals surface area contributed by atoms with Crippen molar-refractivity contribution in [3.8, 4) is 0 Å². The van der Waals surface area contributed by atoms with Crippen molar-refractivity contribution < 1.29 is 19.4 Å². The third-order valence-electron chi connectivity index (χ3n) is 4.36. The Balaban J connectivity index is 2.04. The number of rotatable bonds is 3. The zero-order valence-electron chi connectivity index (χ0n) is 11.2. The van der Waals surface area contributed by atoms with Gasteiger partial charge in [0.15, 0.2) is 0 Å². The van der Waals surface area contributed by atoms with E-state index in [0.717, 1.165) is 12.8 Å². The van der Waals surface area contributed by atoms with Gasteiger partial charge < -0.3 is 20.9 Å². The third-order valence-corrected chi connectivity index (χ3v) is 4.36. The minimum Gasteiger partial charge on any atom is -0.480 e. The van der Waals surface area contributed by atoms with Gasteiger partial charge in [-0.05, 0) is 31.6 Å². The smallest absolute Gasteiger partial charge is 0.329 e. The van der Waals surface area contributed by atoms with E-state index in [4.69, 9.17) is 10.5 Å². The Morgan fingerprint density at radius 2 is 1.95 bits per heavy atom. The van der Waals surface area contributed by atoms with Crippen LogP contribution in [-0.2, 0) is 14.3 Å². The van der Waals surface area contributed by atoms with E-state index in [9.17, 15) is 14.7 Å². The molecule has 2 unspecified atom stereocenters. The second kappa shape index (κ2) is 5.46. The van der Waals surface area contributed by atoms with Crippen LogP contribution >= 0.6 is 0 Å². The van der Waals surface area contributed by atoms with Crippen LogP contribution in [0.2, 0.25) is 0 Å². The van der Waals surface area contributed by atoms with Gasteiger partial charge in [0.1, 0.15) is 5.54 Å². The van der Waals surface area contributed by atoms with Gasteiger partial charge in [0.2, 0.25) is 5.91 Å². The highest BCUT2D eigenvalue weighted by Gasteiger charge is 2.44. The van der Waals surface area contributed by atoms with Crippen molar-refractivity contribution in [2.24, 2.45) is 17.6 Å². The van der Waals surface area contributed by atoms with Gasteiger partial charge in [0.05, 0.1) is 19.1 Å². The first-order valence-corrected chi connectivity index (χ1v) is 6.83. The first kappa shape index (κ1) is 14.3. The minimum absolute atomic E-state index is 0.277. The molecule has 0 spiro atoms. The van der Waals surface area contributed by atoms with E-state index >= 15 is 0 Å². The van der Waals surface area contributed by atoms with Gasteiger partial charge in [-0.3, -0.25) is 4.79 Å². The number of carbonyl (C=O) groups is 2. The topological polar surface area (TPSA) is 102 Å². The molecule has 1 aliphatic heterocycles. The van der Waals surface area contributed by atoms with E-state index in [1.807, 2.05) is 0 Å². The van der Waals surface area contributed by atoms with Crippen molar-refractivity contribution in [3.05, 3.63) is 0 Å². The predicted molar refractivity (Wildman–Crippen MR) is 68.4 cm³/mol. The van der Waals surface area contributed by atoms with Gasteiger partial charge in [0.25, 0.3) is 0 Å². The molecule has 2 atom stereocenters. The van der Waals surface area contributed by atoms with Crippen molar-refractivity contribution in [2.45, 2.75) is 44.2 Å². The lowest BCUT2D eigenvalue weighted by Gasteiger charge is -2.37. The summed E-state index contributed by atoms with van der Waals surface area (Å²) in [6.45, 7) is 2.74. The average Bonchev–Trinajstić information content (AvgIpc) is 2.78. The Morgan fingerprint density at radius 1 is 1.32 bits per heavy atom. The first-order chi connectivity index (χ1) is 8.94. The molecule has 1 saturated heterocycles. The summed E-state index contributed by atoms with van der Waals surface area (Å²) in [5, 5.41) is 12.2. The molecule has 0 aromatic heterocycles. The summed E-state index contributed by atoms with van der Waals surface area (Å²) in [4.78, 5) is 23.7. The summed E-state index contributed by atoms with van der Waals surface area (Å²) in [6, 6.07) is -0.339. The lowest BCUT2D eigenvalue weighted by Crippen LogP contribution is -2.58. The summed E-state index contributed by atoms with van der Waals surface area (Å²) in [7, 11) is 0. The summed E-state index contributed by atoms with van der Waals surface area (Å²) in [6.07, 6.45) is 2.61. The van der Waals surface area contributed by atoms with E-state index in [1.165, 1.54) is 0 Å². The predicted octanol–water partition coefficient (Wildman–Crippen LogP) is 0.110. The highest BCUT2D eigenvalue weighted by Crippen LogP contribution is 2.32. The van der Waals surface area contributed by atoms with E-state index < -0.39 is 17.4 Å². The van der Waals surface area contributed by atoms with E-state index in [2.05, 4.69) is 12.2 Å². The molecule has 6 heteroatoms. The quantitative estimate of drug-likeness (QED) is 0.675. The fourth-order valence-electron chi connectivity index (χ4n) is 2.82. The van der Waals surface area contributed by atoms with Crippen molar-refractivity contribution in [1.82, 2.24) is 5.32 Å². The molecule has 1 heterocycles. The van der Waals surface area contributed by atoms with Crippen LogP contribution in [0.3, 0.4) is 0 Å². The van der Waals surface area contributed by atoms with Crippen LogP contribution in [0, 0.1) is 11.8 Å². The number of ether oxygens (including phenoxy) is 1. The number of amides is 1. The zero-order valence-corrected chi connectivity index (χ0v) is 11.2. The number of carboxylic acid groups (broad SMARTS) is 1. The highest BCUT2D eigenvalue weighted by molar-refractivity contribution is 5.88. The van der Waals surface area contributed by atoms with Gasteiger partial charge in [0, 0.05) is 6.04 Å². The van der Waals surface area contributed by atoms with Crippen LogP contribution in [0.5, 0.6) is 0 Å². The number of nitrogens with one attached hydrogen (secondary N) is 1. The van der Waals surface area contributed by atoms with Crippen molar-refractivity contribution in [1.29, 1.82) is 0 Å². The molecule has 2 aliphatic rings. The molecule has 0 radical (unpaired) electrons. The number of carbonyl (C=O) groups excluding carboxylic acids is 1. The molecule has 19 heavy (non-hydrogen) atoms. The largest absolute Gasteiger partial charge is 0.480 e. The Hall–Kier alpha value is -1.14. The molecule has 0 bridgehead atoms. The first-order valence-electron chi connectivity index (χ1n) is 6.83. The maximum absolute atomic E-state index is 12.2. The van der Waals surface area contributed by atoms with Gasteiger partial charge >= 0.3 is 5.97 Å². The molecular formula is C13H22N2O4. The second-order valence-electron chi connectivity index (χ2n) is 5.87. The lowest BCUT2D eigenvalue weighted by atomic mass is 9.76. The number of hydrogen-bond acceptors (Lipinski definition) is 4. The molecule has 1 saturated carbocycles. The van der Waals surface area contributed by atoms with Gasteiger partial charge in [-0.25, -0.2) is 4.79 Å². The third kappa shape index (κ3) is 2.90. The van der Waals surface area contributed by atoms with Crippen LogP contribution in [0.1, 0.15) is 32.6 Å². The fraction of sp³-hybridized carbons (Fsp3) is 0.846. The molecule has 1 amide bonds. The highest BCUT2D eigenvalue weighted by atomic mass is 16.5. The lowest BCUT2D eigenvalue weighted by molar-refractivity contribution is -0.150. The van der Waals surface area contributed by atoms with Gasteiger partial charge in [-0.15, -0.1) is 0 Å². The summed E-state index contributed by atoms with van der Waals surface area (Å²) in [5.41, 5.74) is 4.67. The van der Waals surface area contributed by atoms with Crippen molar-refractivity contribution in [3.63, 3.8) is 0 Å². The maximum Gasteiger partial charge on any atom is 0.329 e. The number of nitrogens with two attached hydrogens (primary N) is 1. The Morgan fingerprint density at radius 3 is 2.42 bits per heavy atom. The van der Waals surface area contributed by atoms with Crippen LogP contribution in [0.25, 0.3) is 0 Å². The molecule has 108 valence electrons. The molecule has 2 fully saturated rings. The number of hydrogen-bond donors (Lipinski definition) is 3. The normalized spacial score (nSPS) is 38.9. The molecular weight excluding hydrogens is 248 g/mol. The minimum atomic E-state index is -1.12. The Bertz CT molecular complexity index is 364. The van der Waals surface area contributed by atoms with Crippen molar-refractivity contribution in [2.75, 3.05) is 13.2 Å². The van der Waals surface area contributed by atoms with Crippen LogP contribution < -0.4 is 11.1 Å². The maximum atomic E-state index is 12.2. The van der Waals surface area contributed by atoms with E-state index in [-0.39, 0.29) is 18.6 Å².